The van der Waals surface area contributed by atoms with Crippen molar-refractivity contribution in [1.29, 1.82) is 0 Å². The minimum absolute atomic E-state index is 0.0279. The molecule has 2 fully saturated rings. The molecule has 1 heterocycles. The van der Waals surface area contributed by atoms with E-state index >= 15 is 0 Å². The Kier molecular flexibility index (Phi) is 7.63. The fourth-order valence-corrected chi connectivity index (χ4v) is 4.35. The quantitative estimate of drug-likeness (QED) is 0.561. The second kappa shape index (κ2) is 10.8. The topological polar surface area (TPSA) is 41.6 Å². The number of benzene rings is 2. The van der Waals surface area contributed by atoms with Gasteiger partial charge in [0.15, 0.2) is 0 Å². The van der Waals surface area contributed by atoms with Crippen molar-refractivity contribution in [3.05, 3.63) is 65.2 Å². The van der Waals surface area contributed by atoms with Gasteiger partial charge in [0.25, 0.3) is 5.91 Å². The molecule has 1 saturated heterocycles. The SMILES string of the molecule is CC(c1ccc(CCNC(=O)c2ccc(OCCC3CC3)cc2)cc1)N1CCCCC1. The van der Waals surface area contributed by atoms with Crippen molar-refractivity contribution < 1.29 is 9.53 Å². The summed E-state index contributed by atoms with van der Waals surface area (Å²) < 4.78 is 5.76. The predicted octanol–water partition coefficient (Wildman–Crippen LogP) is 5.38. The molecule has 0 aromatic heterocycles. The van der Waals surface area contributed by atoms with Crippen LogP contribution in [0, 0.1) is 5.92 Å². The molecule has 1 N–H and O–H groups in total. The maximum Gasteiger partial charge on any atom is 0.251 e. The van der Waals surface area contributed by atoms with Gasteiger partial charge in [0.2, 0.25) is 0 Å². The molecular weight excluding hydrogens is 384 g/mol. The molecule has 1 aliphatic heterocycles. The van der Waals surface area contributed by atoms with Gasteiger partial charge in [0.05, 0.1) is 6.61 Å². The molecule has 0 spiro atoms. The Morgan fingerprint density at radius 1 is 1.03 bits per heavy atom. The van der Waals surface area contributed by atoms with Gasteiger partial charge < -0.3 is 10.1 Å². The zero-order valence-electron chi connectivity index (χ0n) is 18.8. The summed E-state index contributed by atoms with van der Waals surface area (Å²) in [6.45, 7) is 6.14. The highest BCUT2D eigenvalue weighted by Gasteiger charge is 2.20. The van der Waals surface area contributed by atoms with Crippen LogP contribution in [0.2, 0.25) is 0 Å². The van der Waals surface area contributed by atoms with E-state index in [0.717, 1.165) is 31.1 Å². The van der Waals surface area contributed by atoms with E-state index in [1.54, 1.807) is 0 Å². The number of hydrogen-bond acceptors (Lipinski definition) is 3. The van der Waals surface area contributed by atoms with Gasteiger partial charge >= 0.3 is 0 Å². The van der Waals surface area contributed by atoms with Gasteiger partial charge in [0, 0.05) is 18.2 Å². The van der Waals surface area contributed by atoms with Gasteiger partial charge in [0.1, 0.15) is 5.75 Å². The number of nitrogens with zero attached hydrogens (tertiary/aromatic N) is 1. The molecule has 4 nitrogen and oxygen atoms in total. The number of carbonyl (C=O) groups excluding carboxylic acids is 1. The number of piperidine rings is 1. The Labute approximate surface area is 187 Å². The summed E-state index contributed by atoms with van der Waals surface area (Å²) in [6, 6.07) is 16.9. The molecule has 31 heavy (non-hydrogen) atoms. The van der Waals surface area contributed by atoms with Crippen LogP contribution in [-0.2, 0) is 6.42 Å². The van der Waals surface area contributed by atoms with Gasteiger partial charge in [-0.1, -0.05) is 43.5 Å². The highest BCUT2D eigenvalue weighted by molar-refractivity contribution is 5.94. The highest BCUT2D eigenvalue weighted by Crippen LogP contribution is 2.32. The van der Waals surface area contributed by atoms with Crippen LogP contribution in [0.1, 0.15) is 73.0 Å². The maximum atomic E-state index is 12.4. The third kappa shape index (κ3) is 6.57. The van der Waals surface area contributed by atoms with E-state index < -0.39 is 0 Å². The third-order valence-electron chi connectivity index (χ3n) is 6.71. The van der Waals surface area contributed by atoms with Crippen LogP contribution >= 0.6 is 0 Å². The minimum atomic E-state index is -0.0279. The number of amides is 1. The number of ether oxygens (including phenoxy) is 1. The summed E-state index contributed by atoms with van der Waals surface area (Å²) in [4.78, 5) is 15.0. The van der Waals surface area contributed by atoms with Gasteiger partial charge in [-0.3, -0.25) is 9.69 Å². The van der Waals surface area contributed by atoms with Crippen LogP contribution < -0.4 is 10.1 Å². The van der Waals surface area contributed by atoms with Crippen molar-refractivity contribution in [2.75, 3.05) is 26.2 Å². The molecule has 1 saturated carbocycles. The van der Waals surface area contributed by atoms with E-state index in [1.807, 2.05) is 24.3 Å². The Morgan fingerprint density at radius 3 is 2.42 bits per heavy atom. The molecule has 1 amide bonds. The summed E-state index contributed by atoms with van der Waals surface area (Å²) in [7, 11) is 0. The summed E-state index contributed by atoms with van der Waals surface area (Å²) in [5.74, 6) is 1.69. The zero-order chi connectivity index (χ0) is 21.5. The van der Waals surface area contributed by atoms with Gasteiger partial charge in [-0.25, -0.2) is 0 Å². The summed E-state index contributed by atoms with van der Waals surface area (Å²) in [5.41, 5.74) is 3.32. The lowest BCUT2D eigenvalue weighted by atomic mass is 10.0. The summed E-state index contributed by atoms with van der Waals surface area (Å²) in [5, 5.41) is 3.03. The van der Waals surface area contributed by atoms with Gasteiger partial charge in [-0.2, -0.15) is 0 Å². The van der Waals surface area contributed by atoms with Crippen LogP contribution in [0.15, 0.2) is 48.5 Å². The van der Waals surface area contributed by atoms with Crippen LogP contribution in [0.4, 0.5) is 0 Å². The Hall–Kier alpha value is -2.33. The maximum absolute atomic E-state index is 12.4. The van der Waals surface area contributed by atoms with Crippen molar-refractivity contribution in [1.82, 2.24) is 10.2 Å². The largest absolute Gasteiger partial charge is 0.494 e. The molecule has 0 radical (unpaired) electrons. The lowest BCUT2D eigenvalue weighted by Gasteiger charge is -2.32. The average molecular weight is 421 g/mol. The van der Waals surface area contributed by atoms with E-state index in [4.69, 9.17) is 4.74 Å². The molecule has 2 aliphatic rings. The van der Waals surface area contributed by atoms with Crippen LogP contribution in [0.3, 0.4) is 0 Å². The first-order chi connectivity index (χ1) is 15.2. The molecule has 1 atom stereocenters. The first-order valence-corrected chi connectivity index (χ1v) is 12.0. The standard InChI is InChI=1S/C27H36N2O2/c1-21(29-18-3-2-4-19-29)24-9-7-22(8-10-24)15-17-28-27(30)25-11-13-26(14-12-25)31-20-16-23-5-6-23/h7-14,21,23H,2-6,15-20H2,1H3,(H,28,30). The Morgan fingerprint density at radius 2 is 1.74 bits per heavy atom. The first-order valence-electron chi connectivity index (χ1n) is 12.0. The zero-order valence-corrected chi connectivity index (χ0v) is 18.8. The number of rotatable bonds is 10. The molecule has 0 bridgehead atoms. The fraction of sp³-hybridized carbons (Fsp3) is 0.519. The Bertz CT molecular complexity index is 821. The monoisotopic (exact) mass is 420 g/mol. The Balaban J connectivity index is 1.19. The van der Waals surface area contributed by atoms with Gasteiger partial charge in [-0.15, -0.1) is 0 Å². The summed E-state index contributed by atoms with van der Waals surface area (Å²) >= 11 is 0. The molecular formula is C27H36N2O2. The van der Waals surface area contributed by atoms with Crippen molar-refractivity contribution in [3.63, 3.8) is 0 Å². The van der Waals surface area contributed by atoms with E-state index in [1.165, 1.54) is 56.3 Å². The first kappa shape index (κ1) is 21.9. The molecule has 2 aromatic rings. The molecule has 4 rings (SSSR count). The lowest BCUT2D eigenvalue weighted by Crippen LogP contribution is -2.32. The molecule has 166 valence electrons. The van der Waals surface area contributed by atoms with Crippen LogP contribution in [0.25, 0.3) is 0 Å². The van der Waals surface area contributed by atoms with Gasteiger partial charge in [-0.05, 0) is 87.0 Å². The second-order valence-electron chi connectivity index (χ2n) is 9.12. The van der Waals surface area contributed by atoms with Crippen LogP contribution in [0.5, 0.6) is 5.75 Å². The predicted molar refractivity (Wildman–Crippen MR) is 126 cm³/mol. The lowest BCUT2D eigenvalue weighted by molar-refractivity contribution is 0.0954. The molecule has 2 aromatic carbocycles. The van der Waals surface area contributed by atoms with E-state index in [2.05, 4.69) is 41.4 Å². The highest BCUT2D eigenvalue weighted by atomic mass is 16.5. The van der Waals surface area contributed by atoms with Crippen molar-refractivity contribution in [3.8, 4) is 5.75 Å². The van der Waals surface area contributed by atoms with E-state index in [9.17, 15) is 4.79 Å². The molecule has 4 heteroatoms. The second-order valence-corrected chi connectivity index (χ2v) is 9.12. The average Bonchev–Trinajstić information content (AvgIpc) is 3.64. The van der Waals surface area contributed by atoms with Crippen molar-refractivity contribution in [2.24, 2.45) is 5.92 Å². The smallest absolute Gasteiger partial charge is 0.251 e. The van der Waals surface area contributed by atoms with Crippen molar-refractivity contribution >= 4 is 5.91 Å². The number of carbonyl (C=O) groups is 1. The number of hydrogen-bond donors (Lipinski definition) is 1. The third-order valence-corrected chi connectivity index (χ3v) is 6.71. The molecule has 1 aliphatic carbocycles. The fourth-order valence-electron chi connectivity index (χ4n) is 4.35. The summed E-state index contributed by atoms with van der Waals surface area (Å²) in [6.07, 6.45) is 8.68. The van der Waals surface area contributed by atoms with E-state index in [-0.39, 0.29) is 5.91 Å². The normalized spacial score (nSPS) is 17.8. The van der Waals surface area contributed by atoms with Crippen LogP contribution in [-0.4, -0.2) is 37.0 Å². The number of likely N-dealkylation sites (tertiary alicyclic amines) is 1. The van der Waals surface area contributed by atoms with E-state index in [0.29, 0.717) is 18.2 Å². The molecule has 1 unspecified atom stereocenters. The number of nitrogens with one attached hydrogen (secondary N) is 1. The minimum Gasteiger partial charge on any atom is -0.494 e. The van der Waals surface area contributed by atoms with Crippen molar-refractivity contribution in [2.45, 2.75) is 57.9 Å².